The van der Waals surface area contributed by atoms with E-state index in [2.05, 4.69) is 25.7 Å². The van der Waals surface area contributed by atoms with E-state index in [1.165, 1.54) is 64.2 Å². The van der Waals surface area contributed by atoms with Gasteiger partial charge in [-0.3, -0.25) is 0 Å². The van der Waals surface area contributed by atoms with Gasteiger partial charge in [0.15, 0.2) is 0 Å². The van der Waals surface area contributed by atoms with Crippen molar-refractivity contribution in [1.29, 1.82) is 0 Å². The molecule has 99 valence electrons. The number of hydrogen-bond donors (Lipinski definition) is 0. The zero-order valence-corrected chi connectivity index (χ0v) is 11.6. The molecule has 0 aromatic rings. The quantitative estimate of drug-likeness (QED) is 0.262. The molecular formula is C17H31. The Morgan fingerprint density at radius 3 is 1.71 bits per heavy atom. The number of hydrogen-bond acceptors (Lipinski definition) is 0. The summed E-state index contributed by atoms with van der Waals surface area (Å²) in [5.74, 6) is 0. The van der Waals surface area contributed by atoms with Crippen molar-refractivity contribution in [2.75, 3.05) is 0 Å². The van der Waals surface area contributed by atoms with Crippen molar-refractivity contribution in [3.05, 3.63) is 31.7 Å². The van der Waals surface area contributed by atoms with Gasteiger partial charge in [0, 0.05) is 0 Å². The molecule has 0 heteroatoms. The van der Waals surface area contributed by atoms with Crippen molar-refractivity contribution in [2.45, 2.75) is 77.0 Å². The normalized spacial score (nSPS) is 11.1. The second-order valence-electron chi connectivity index (χ2n) is 4.82. The molecule has 0 aliphatic heterocycles. The predicted molar refractivity (Wildman–Crippen MR) is 80.1 cm³/mol. The second-order valence-corrected chi connectivity index (χ2v) is 4.82. The maximum absolute atomic E-state index is 3.87. The van der Waals surface area contributed by atoms with Crippen LogP contribution in [0.3, 0.4) is 0 Å². The minimum absolute atomic E-state index is 1.02. The lowest BCUT2D eigenvalue weighted by atomic mass is 10.1. The summed E-state index contributed by atoms with van der Waals surface area (Å²) >= 11 is 0. The molecule has 0 aromatic heterocycles. The summed E-state index contributed by atoms with van der Waals surface area (Å²) in [5, 5.41) is 0. The Kier molecular flexibility index (Phi) is 15.0. The number of unbranched alkanes of at least 4 members (excludes halogenated alkanes) is 10. The first kappa shape index (κ1) is 16.5. The van der Waals surface area contributed by atoms with Crippen molar-refractivity contribution < 1.29 is 0 Å². The third kappa shape index (κ3) is 15.5. The van der Waals surface area contributed by atoms with E-state index in [1.807, 2.05) is 6.08 Å². The minimum Gasteiger partial charge on any atom is -0.103 e. The maximum atomic E-state index is 3.87. The summed E-state index contributed by atoms with van der Waals surface area (Å²) in [6.07, 6.45) is 22.4. The van der Waals surface area contributed by atoms with Gasteiger partial charge in [-0.1, -0.05) is 82.9 Å². The van der Waals surface area contributed by atoms with Gasteiger partial charge in [-0.15, -0.1) is 6.58 Å². The summed E-state index contributed by atoms with van der Waals surface area (Å²) in [5.41, 5.74) is 0. The molecule has 0 amide bonds. The first-order valence-electron chi connectivity index (χ1n) is 7.47. The summed E-state index contributed by atoms with van der Waals surface area (Å²) in [6, 6.07) is 0. The molecule has 0 atom stereocenters. The molecule has 1 radical (unpaired) electrons. The fraction of sp³-hybridized carbons (Fsp3) is 0.706. The fourth-order valence-electron chi connectivity index (χ4n) is 1.99. The molecule has 17 heavy (non-hydrogen) atoms. The zero-order chi connectivity index (χ0) is 12.6. The highest BCUT2D eigenvalue weighted by Gasteiger charge is 1.91. The molecule has 0 fully saturated rings. The Morgan fingerprint density at radius 1 is 0.647 bits per heavy atom. The molecule has 0 aromatic carbocycles. The number of rotatable bonds is 13. The highest BCUT2D eigenvalue weighted by Crippen LogP contribution is 2.11. The Hall–Kier alpha value is -0.520. The average molecular weight is 235 g/mol. The van der Waals surface area contributed by atoms with E-state index in [4.69, 9.17) is 0 Å². The van der Waals surface area contributed by atoms with Crippen LogP contribution in [-0.4, -0.2) is 0 Å². The Bertz CT molecular complexity index is 167. The summed E-state index contributed by atoms with van der Waals surface area (Å²) in [6.45, 7) is 7.57. The second kappa shape index (κ2) is 15.5. The average Bonchev–Trinajstić information content (AvgIpc) is 2.35. The molecule has 0 spiro atoms. The van der Waals surface area contributed by atoms with Gasteiger partial charge < -0.3 is 0 Å². The summed E-state index contributed by atoms with van der Waals surface area (Å²) < 4.78 is 0. The fourth-order valence-corrected chi connectivity index (χ4v) is 1.99. The Balaban J connectivity index is 2.96. The lowest BCUT2D eigenvalue weighted by Crippen LogP contribution is -1.81. The molecule has 0 bridgehead atoms. The van der Waals surface area contributed by atoms with Gasteiger partial charge in [0.1, 0.15) is 0 Å². The van der Waals surface area contributed by atoms with E-state index >= 15 is 0 Å². The van der Waals surface area contributed by atoms with Crippen LogP contribution in [0.2, 0.25) is 0 Å². The molecule has 0 aliphatic rings. The molecule has 0 N–H and O–H groups in total. The first-order chi connectivity index (χ1) is 8.41. The van der Waals surface area contributed by atoms with E-state index in [0.717, 1.165) is 12.8 Å². The highest BCUT2D eigenvalue weighted by atomic mass is 14.0. The van der Waals surface area contributed by atoms with Crippen molar-refractivity contribution >= 4 is 0 Å². The molecule has 0 heterocycles. The van der Waals surface area contributed by atoms with E-state index in [-0.39, 0.29) is 0 Å². The Labute approximate surface area is 109 Å². The highest BCUT2D eigenvalue weighted by molar-refractivity contribution is 4.87. The molecule has 0 aliphatic carbocycles. The molecule has 0 saturated heterocycles. The van der Waals surface area contributed by atoms with Crippen molar-refractivity contribution in [3.8, 4) is 0 Å². The first-order valence-corrected chi connectivity index (χ1v) is 7.47. The van der Waals surface area contributed by atoms with Crippen LogP contribution in [0.25, 0.3) is 0 Å². The van der Waals surface area contributed by atoms with Gasteiger partial charge in [0.25, 0.3) is 0 Å². The smallest absolute Gasteiger partial charge is 0.0172 e. The topological polar surface area (TPSA) is 0 Å². The van der Waals surface area contributed by atoms with Crippen molar-refractivity contribution in [2.24, 2.45) is 0 Å². The van der Waals surface area contributed by atoms with Crippen LogP contribution >= 0.6 is 0 Å². The molecule has 0 unspecified atom stereocenters. The predicted octanol–water partition coefficient (Wildman–Crippen LogP) is 6.24. The van der Waals surface area contributed by atoms with Gasteiger partial charge in [-0.05, 0) is 19.3 Å². The van der Waals surface area contributed by atoms with Crippen LogP contribution < -0.4 is 0 Å². The SMILES string of the molecule is [CH2]CCCCCCCCCCCC=CCC=C. The van der Waals surface area contributed by atoms with E-state index in [9.17, 15) is 0 Å². The lowest BCUT2D eigenvalue weighted by Gasteiger charge is -2.01. The molecular weight excluding hydrogens is 204 g/mol. The molecule has 0 rings (SSSR count). The number of allylic oxidation sites excluding steroid dienone is 3. The van der Waals surface area contributed by atoms with Gasteiger partial charge in [0.2, 0.25) is 0 Å². The van der Waals surface area contributed by atoms with Crippen LogP contribution in [0.4, 0.5) is 0 Å². The lowest BCUT2D eigenvalue weighted by molar-refractivity contribution is 0.561. The van der Waals surface area contributed by atoms with Gasteiger partial charge in [-0.25, -0.2) is 0 Å². The maximum Gasteiger partial charge on any atom is -0.0172 e. The van der Waals surface area contributed by atoms with Gasteiger partial charge >= 0.3 is 0 Å². The standard InChI is InChI=1S/C17H31/c1-3-5-7-9-11-13-15-17-16-14-12-10-8-6-4-2/h3,7,9H,1-2,4-6,8,10-17H2. The third-order valence-corrected chi connectivity index (χ3v) is 3.09. The molecule has 0 nitrogen and oxygen atoms in total. The zero-order valence-electron chi connectivity index (χ0n) is 11.6. The molecule has 0 saturated carbocycles. The van der Waals surface area contributed by atoms with Crippen LogP contribution in [0.1, 0.15) is 77.0 Å². The van der Waals surface area contributed by atoms with Crippen molar-refractivity contribution in [3.63, 3.8) is 0 Å². The van der Waals surface area contributed by atoms with E-state index in [1.54, 1.807) is 0 Å². The largest absolute Gasteiger partial charge is 0.103 e. The van der Waals surface area contributed by atoms with Crippen LogP contribution in [0, 0.1) is 6.92 Å². The van der Waals surface area contributed by atoms with E-state index < -0.39 is 0 Å². The summed E-state index contributed by atoms with van der Waals surface area (Å²) in [4.78, 5) is 0. The van der Waals surface area contributed by atoms with Crippen LogP contribution in [-0.2, 0) is 0 Å². The van der Waals surface area contributed by atoms with Gasteiger partial charge in [-0.2, -0.15) is 0 Å². The Morgan fingerprint density at radius 2 is 1.18 bits per heavy atom. The van der Waals surface area contributed by atoms with E-state index in [0.29, 0.717) is 0 Å². The minimum atomic E-state index is 1.02. The van der Waals surface area contributed by atoms with Gasteiger partial charge in [0.05, 0.1) is 0 Å². The van der Waals surface area contributed by atoms with Crippen molar-refractivity contribution in [1.82, 2.24) is 0 Å². The monoisotopic (exact) mass is 235 g/mol. The third-order valence-electron chi connectivity index (χ3n) is 3.09. The van der Waals surface area contributed by atoms with Crippen LogP contribution in [0.5, 0.6) is 0 Å². The van der Waals surface area contributed by atoms with Crippen LogP contribution in [0.15, 0.2) is 24.8 Å². The summed E-state index contributed by atoms with van der Waals surface area (Å²) in [7, 11) is 0.